The molecular formula is C24H32N8O4. The summed E-state index contributed by atoms with van der Waals surface area (Å²) in [7, 11) is 3.61. The van der Waals surface area contributed by atoms with Gasteiger partial charge < -0.3 is 25.0 Å². The lowest BCUT2D eigenvalue weighted by molar-refractivity contribution is 0.102. The Labute approximate surface area is 209 Å². The predicted octanol–water partition coefficient (Wildman–Crippen LogP) is 1.07. The van der Waals surface area contributed by atoms with E-state index in [0.29, 0.717) is 12.4 Å². The van der Waals surface area contributed by atoms with Crippen molar-refractivity contribution < 1.29 is 14.3 Å². The summed E-state index contributed by atoms with van der Waals surface area (Å²) in [5.41, 5.74) is 6.57. The molecule has 3 N–H and O–H groups in total. The minimum Gasteiger partial charge on any atom is -0.491 e. The van der Waals surface area contributed by atoms with Crippen molar-refractivity contribution in [1.82, 2.24) is 29.3 Å². The van der Waals surface area contributed by atoms with Gasteiger partial charge in [-0.3, -0.25) is 19.5 Å². The Morgan fingerprint density at radius 2 is 1.92 bits per heavy atom. The number of nitrogens with one attached hydrogen (secondary N) is 1. The van der Waals surface area contributed by atoms with Crippen LogP contribution >= 0.6 is 0 Å². The van der Waals surface area contributed by atoms with Gasteiger partial charge in [0.1, 0.15) is 11.8 Å². The summed E-state index contributed by atoms with van der Waals surface area (Å²) in [6.45, 7) is 7.64. The van der Waals surface area contributed by atoms with Crippen LogP contribution in [0.25, 0.3) is 10.9 Å². The summed E-state index contributed by atoms with van der Waals surface area (Å²) in [6.07, 6.45) is 4.92. The number of ether oxygens (including phenoxy) is 2. The van der Waals surface area contributed by atoms with Crippen LogP contribution in [-0.4, -0.2) is 88.7 Å². The van der Waals surface area contributed by atoms with Crippen LogP contribution in [0.15, 0.2) is 29.6 Å². The molecule has 0 bridgehead atoms. The molecule has 0 radical (unpaired) electrons. The highest BCUT2D eigenvalue weighted by atomic mass is 16.5. The Morgan fingerprint density at radius 1 is 1.19 bits per heavy atom. The highest BCUT2D eigenvalue weighted by molar-refractivity contribution is 6.04. The lowest BCUT2D eigenvalue weighted by Crippen LogP contribution is -2.44. The van der Waals surface area contributed by atoms with E-state index in [4.69, 9.17) is 15.2 Å². The van der Waals surface area contributed by atoms with E-state index in [0.717, 1.165) is 39.1 Å². The molecule has 36 heavy (non-hydrogen) atoms. The standard InChI is InChI=1S/C24H32N8O4/c1-4-32-23(34)19-17(25)12-18(36-11-5-6-31-9-7-30(2)8-10-31)21(35-3)20(19)28-24(32)29-22(33)16-13-26-15-27-14-16/h12-15H,4-11,25H2,1-3H3,(H,28,29,33). The summed E-state index contributed by atoms with van der Waals surface area (Å²) in [5, 5.41) is 2.89. The molecule has 2 aromatic heterocycles. The molecule has 1 saturated heterocycles. The molecule has 1 fully saturated rings. The molecule has 12 nitrogen and oxygen atoms in total. The van der Waals surface area contributed by atoms with Crippen molar-refractivity contribution in [2.45, 2.75) is 19.9 Å². The average molecular weight is 497 g/mol. The zero-order valence-electron chi connectivity index (χ0n) is 20.9. The summed E-state index contributed by atoms with van der Waals surface area (Å²) in [6, 6.07) is 1.60. The Hall–Kier alpha value is -3.77. The fourth-order valence-electron chi connectivity index (χ4n) is 4.20. The lowest BCUT2D eigenvalue weighted by atomic mass is 10.1. The van der Waals surface area contributed by atoms with Gasteiger partial charge in [-0.25, -0.2) is 15.0 Å². The molecule has 0 aliphatic carbocycles. The number of hydrogen-bond donors (Lipinski definition) is 2. The number of fused-ring (bicyclic) bond motifs is 1. The summed E-state index contributed by atoms with van der Waals surface area (Å²) >= 11 is 0. The van der Waals surface area contributed by atoms with Crippen LogP contribution in [0.5, 0.6) is 11.5 Å². The Balaban J connectivity index is 1.60. The topological polar surface area (TPSA) is 141 Å². The fourth-order valence-corrected chi connectivity index (χ4v) is 4.20. The van der Waals surface area contributed by atoms with Crippen molar-refractivity contribution in [2.75, 3.05) is 64.5 Å². The SMILES string of the molecule is CCn1c(NC(=O)c2cncnc2)nc2c(OC)c(OCCCN3CCN(C)CC3)cc(N)c2c1=O. The van der Waals surface area contributed by atoms with E-state index < -0.39 is 5.91 Å². The largest absolute Gasteiger partial charge is 0.491 e. The molecule has 0 unspecified atom stereocenters. The van der Waals surface area contributed by atoms with E-state index >= 15 is 0 Å². The van der Waals surface area contributed by atoms with Gasteiger partial charge in [-0.2, -0.15) is 0 Å². The van der Waals surface area contributed by atoms with Crippen LogP contribution in [0.4, 0.5) is 11.6 Å². The number of piperazine rings is 1. The van der Waals surface area contributed by atoms with Crippen molar-refractivity contribution in [3.63, 3.8) is 0 Å². The molecule has 1 aliphatic heterocycles. The molecular weight excluding hydrogens is 464 g/mol. The maximum absolute atomic E-state index is 13.3. The fraction of sp³-hybridized carbons (Fsp3) is 0.458. The Kier molecular flexibility index (Phi) is 7.96. The minimum atomic E-state index is -0.493. The van der Waals surface area contributed by atoms with Crippen molar-refractivity contribution >= 4 is 28.4 Å². The highest BCUT2D eigenvalue weighted by Crippen LogP contribution is 2.37. The van der Waals surface area contributed by atoms with Crippen LogP contribution < -0.4 is 26.1 Å². The molecule has 3 heterocycles. The van der Waals surface area contributed by atoms with Crippen LogP contribution in [0.2, 0.25) is 0 Å². The number of anilines is 2. The van der Waals surface area contributed by atoms with Gasteiger partial charge in [0.15, 0.2) is 11.5 Å². The van der Waals surface area contributed by atoms with Crippen LogP contribution in [0.3, 0.4) is 0 Å². The smallest absolute Gasteiger partial charge is 0.265 e. The third kappa shape index (κ3) is 5.39. The second-order valence-electron chi connectivity index (χ2n) is 8.63. The number of likely N-dealkylation sites (N-methyl/N-ethyl adjacent to an activating group) is 1. The first-order valence-electron chi connectivity index (χ1n) is 11.9. The van der Waals surface area contributed by atoms with Crippen molar-refractivity contribution in [1.29, 1.82) is 0 Å². The predicted molar refractivity (Wildman–Crippen MR) is 137 cm³/mol. The highest BCUT2D eigenvalue weighted by Gasteiger charge is 2.22. The summed E-state index contributed by atoms with van der Waals surface area (Å²) in [5.74, 6) is 0.259. The van der Waals surface area contributed by atoms with E-state index in [1.807, 2.05) is 0 Å². The maximum atomic E-state index is 13.3. The third-order valence-corrected chi connectivity index (χ3v) is 6.22. The summed E-state index contributed by atoms with van der Waals surface area (Å²) < 4.78 is 13.0. The van der Waals surface area contributed by atoms with E-state index in [1.165, 1.54) is 30.4 Å². The van der Waals surface area contributed by atoms with Gasteiger partial charge in [0.25, 0.3) is 11.5 Å². The molecule has 1 aliphatic rings. The molecule has 12 heteroatoms. The molecule has 1 aromatic carbocycles. The molecule has 1 amide bonds. The monoisotopic (exact) mass is 496 g/mol. The second-order valence-corrected chi connectivity index (χ2v) is 8.63. The first kappa shape index (κ1) is 25.3. The number of amides is 1. The van der Waals surface area contributed by atoms with E-state index in [1.54, 1.807) is 13.0 Å². The number of aromatic nitrogens is 4. The van der Waals surface area contributed by atoms with Crippen molar-refractivity contribution in [2.24, 2.45) is 0 Å². The third-order valence-electron chi connectivity index (χ3n) is 6.22. The number of hydrogen-bond acceptors (Lipinski definition) is 10. The number of carbonyl (C=O) groups is 1. The number of nitrogen functional groups attached to an aromatic ring is 1. The quantitative estimate of drug-likeness (QED) is 0.326. The minimum absolute atomic E-state index is 0.0637. The number of nitrogens with zero attached hydrogens (tertiary/aromatic N) is 6. The van der Waals surface area contributed by atoms with Crippen molar-refractivity contribution in [3.05, 3.63) is 40.7 Å². The lowest BCUT2D eigenvalue weighted by Gasteiger charge is -2.32. The molecule has 3 aromatic rings. The van der Waals surface area contributed by atoms with Gasteiger partial charge >= 0.3 is 0 Å². The molecule has 0 spiro atoms. The van der Waals surface area contributed by atoms with Gasteiger partial charge in [0.2, 0.25) is 5.95 Å². The van der Waals surface area contributed by atoms with Gasteiger partial charge in [0.05, 0.1) is 30.4 Å². The molecule has 0 saturated carbocycles. The van der Waals surface area contributed by atoms with E-state index in [-0.39, 0.29) is 46.0 Å². The van der Waals surface area contributed by atoms with Gasteiger partial charge in [0, 0.05) is 57.7 Å². The molecule has 192 valence electrons. The van der Waals surface area contributed by atoms with Gasteiger partial charge in [-0.15, -0.1) is 0 Å². The van der Waals surface area contributed by atoms with Crippen LogP contribution in [-0.2, 0) is 6.54 Å². The van der Waals surface area contributed by atoms with E-state index in [9.17, 15) is 9.59 Å². The first-order chi connectivity index (χ1) is 17.4. The first-order valence-corrected chi connectivity index (χ1v) is 11.9. The number of nitrogens with two attached hydrogens (primary N) is 1. The van der Waals surface area contributed by atoms with Crippen molar-refractivity contribution in [3.8, 4) is 11.5 Å². The number of methoxy groups -OCH3 is 1. The Bertz CT molecular complexity index is 1270. The van der Waals surface area contributed by atoms with E-state index in [2.05, 4.69) is 37.1 Å². The summed E-state index contributed by atoms with van der Waals surface area (Å²) in [4.78, 5) is 43.0. The zero-order chi connectivity index (χ0) is 25.7. The van der Waals surface area contributed by atoms with Crippen LogP contribution in [0.1, 0.15) is 23.7 Å². The molecule has 0 atom stereocenters. The second kappa shape index (κ2) is 11.3. The number of rotatable bonds is 9. The van der Waals surface area contributed by atoms with Gasteiger partial charge in [-0.05, 0) is 20.4 Å². The number of benzene rings is 1. The van der Waals surface area contributed by atoms with Crippen LogP contribution in [0, 0.1) is 0 Å². The normalized spacial score (nSPS) is 14.6. The number of carbonyl (C=O) groups excluding carboxylic acids is 1. The van der Waals surface area contributed by atoms with Gasteiger partial charge in [-0.1, -0.05) is 0 Å². The zero-order valence-corrected chi connectivity index (χ0v) is 20.9. The average Bonchev–Trinajstić information content (AvgIpc) is 2.88. The Morgan fingerprint density at radius 3 is 2.58 bits per heavy atom. The molecule has 4 rings (SSSR count). The maximum Gasteiger partial charge on any atom is 0.265 e.